The first-order chi connectivity index (χ1) is 10.5. The van der Waals surface area contributed by atoms with E-state index < -0.39 is 9.84 Å². The van der Waals surface area contributed by atoms with Gasteiger partial charge in [-0.2, -0.15) is 5.10 Å². The molecule has 0 bridgehead atoms. The minimum absolute atomic E-state index is 0.0963. The summed E-state index contributed by atoms with van der Waals surface area (Å²) in [6.07, 6.45) is 0.714. The highest BCUT2D eigenvalue weighted by atomic mass is 32.2. The lowest BCUT2D eigenvalue weighted by Crippen LogP contribution is -2.35. The number of rotatable bonds is 5. The molecule has 1 saturated heterocycles. The molecule has 6 nitrogen and oxygen atoms in total. The van der Waals surface area contributed by atoms with Crippen LogP contribution in [0, 0.1) is 0 Å². The molecule has 0 aliphatic carbocycles. The van der Waals surface area contributed by atoms with Gasteiger partial charge in [-0.3, -0.25) is 10.00 Å². The first-order valence-electron chi connectivity index (χ1n) is 7.48. The van der Waals surface area contributed by atoms with Gasteiger partial charge in [0.15, 0.2) is 9.84 Å². The van der Waals surface area contributed by atoms with Crippen molar-refractivity contribution in [1.29, 1.82) is 0 Å². The minimum Gasteiger partial charge on any atom is -0.497 e. The van der Waals surface area contributed by atoms with Crippen LogP contribution < -0.4 is 4.74 Å². The Kier molecular flexibility index (Phi) is 4.10. The predicted molar refractivity (Wildman–Crippen MR) is 85.8 cm³/mol. The Morgan fingerprint density at radius 2 is 2.27 bits per heavy atom. The topological polar surface area (TPSA) is 75.3 Å². The number of H-pyrrole nitrogens is 1. The van der Waals surface area contributed by atoms with Crippen LogP contribution in [0.1, 0.15) is 19.0 Å². The zero-order valence-corrected chi connectivity index (χ0v) is 13.7. The number of aromatic nitrogens is 2. The van der Waals surface area contributed by atoms with Gasteiger partial charge in [-0.15, -0.1) is 0 Å². The van der Waals surface area contributed by atoms with Gasteiger partial charge in [0.2, 0.25) is 0 Å². The summed E-state index contributed by atoms with van der Waals surface area (Å²) < 4.78 is 28.7. The summed E-state index contributed by atoms with van der Waals surface area (Å²) in [4.78, 5) is 2.21. The molecular formula is C15H21N3O3S. The van der Waals surface area contributed by atoms with Crippen LogP contribution in [0.5, 0.6) is 5.75 Å². The molecule has 1 aromatic heterocycles. The van der Waals surface area contributed by atoms with Gasteiger partial charge in [0.25, 0.3) is 0 Å². The standard InChI is InChI=1S/C15H21N3O3S/c1-3-18(11-6-7-22(19,20)10-11)9-15-13-8-12(21-2)4-5-14(13)16-17-15/h4-5,8,11H,3,6-7,9-10H2,1-2H3,(H,16,17). The number of nitrogens with zero attached hydrogens (tertiary/aromatic N) is 2. The fourth-order valence-electron chi connectivity index (χ4n) is 3.06. The Labute approximate surface area is 130 Å². The molecule has 0 spiro atoms. The number of aromatic amines is 1. The van der Waals surface area contributed by atoms with Crippen molar-refractivity contribution < 1.29 is 13.2 Å². The van der Waals surface area contributed by atoms with E-state index >= 15 is 0 Å². The number of fused-ring (bicyclic) bond motifs is 1. The largest absolute Gasteiger partial charge is 0.497 e. The van der Waals surface area contributed by atoms with E-state index in [1.807, 2.05) is 18.2 Å². The normalized spacial score (nSPS) is 20.8. The molecule has 1 atom stereocenters. The van der Waals surface area contributed by atoms with E-state index in [9.17, 15) is 8.42 Å². The molecule has 1 unspecified atom stereocenters. The monoisotopic (exact) mass is 323 g/mol. The van der Waals surface area contributed by atoms with E-state index in [1.54, 1.807) is 7.11 Å². The van der Waals surface area contributed by atoms with Gasteiger partial charge in [-0.1, -0.05) is 6.92 Å². The third-order valence-corrected chi connectivity index (χ3v) is 6.08. The maximum atomic E-state index is 11.7. The van der Waals surface area contributed by atoms with E-state index in [4.69, 9.17) is 4.74 Å². The van der Waals surface area contributed by atoms with Crippen LogP contribution in [0.3, 0.4) is 0 Å². The molecule has 1 aliphatic rings. The highest BCUT2D eigenvalue weighted by molar-refractivity contribution is 7.91. The Morgan fingerprint density at radius 3 is 2.91 bits per heavy atom. The van der Waals surface area contributed by atoms with Gasteiger partial charge in [-0.05, 0) is 31.2 Å². The Hall–Kier alpha value is -1.60. The van der Waals surface area contributed by atoms with Crippen molar-refractivity contribution in [3.05, 3.63) is 23.9 Å². The molecule has 0 radical (unpaired) electrons. The van der Waals surface area contributed by atoms with Gasteiger partial charge in [0.05, 0.1) is 29.8 Å². The lowest BCUT2D eigenvalue weighted by atomic mass is 10.1. The molecular weight excluding hydrogens is 302 g/mol. The van der Waals surface area contributed by atoms with Crippen molar-refractivity contribution in [2.75, 3.05) is 25.2 Å². The van der Waals surface area contributed by atoms with Crippen LogP contribution in [0.15, 0.2) is 18.2 Å². The number of nitrogens with one attached hydrogen (secondary N) is 1. The zero-order chi connectivity index (χ0) is 15.7. The Bertz CT molecular complexity index is 769. The fourth-order valence-corrected chi connectivity index (χ4v) is 4.82. The molecule has 0 saturated carbocycles. The van der Waals surface area contributed by atoms with Crippen LogP contribution in [0.25, 0.3) is 10.9 Å². The van der Waals surface area contributed by atoms with E-state index in [0.29, 0.717) is 18.7 Å². The third-order valence-electron chi connectivity index (χ3n) is 4.33. The second-order valence-electron chi connectivity index (χ2n) is 5.71. The lowest BCUT2D eigenvalue weighted by Gasteiger charge is -2.25. The molecule has 2 heterocycles. The Morgan fingerprint density at radius 1 is 1.45 bits per heavy atom. The van der Waals surface area contributed by atoms with Gasteiger partial charge >= 0.3 is 0 Å². The lowest BCUT2D eigenvalue weighted by molar-refractivity contribution is 0.213. The van der Waals surface area contributed by atoms with Crippen molar-refractivity contribution in [2.24, 2.45) is 0 Å². The number of hydrogen-bond acceptors (Lipinski definition) is 5. The molecule has 1 aliphatic heterocycles. The summed E-state index contributed by atoms with van der Waals surface area (Å²) in [5, 5.41) is 8.42. The highest BCUT2D eigenvalue weighted by Gasteiger charge is 2.31. The van der Waals surface area contributed by atoms with E-state index in [-0.39, 0.29) is 11.8 Å². The van der Waals surface area contributed by atoms with Crippen molar-refractivity contribution in [3.63, 3.8) is 0 Å². The van der Waals surface area contributed by atoms with Gasteiger partial charge in [0.1, 0.15) is 5.75 Å². The van der Waals surface area contributed by atoms with Crippen LogP contribution in [0.2, 0.25) is 0 Å². The molecule has 7 heteroatoms. The van der Waals surface area contributed by atoms with Gasteiger partial charge in [-0.25, -0.2) is 8.42 Å². The molecule has 0 amide bonds. The van der Waals surface area contributed by atoms with Crippen LogP contribution in [-0.2, 0) is 16.4 Å². The number of benzene rings is 1. The van der Waals surface area contributed by atoms with Crippen LogP contribution in [-0.4, -0.2) is 54.7 Å². The van der Waals surface area contributed by atoms with E-state index in [1.165, 1.54) is 0 Å². The summed E-state index contributed by atoms with van der Waals surface area (Å²) >= 11 is 0. The van der Waals surface area contributed by atoms with Crippen molar-refractivity contribution in [2.45, 2.75) is 25.9 Å². The van der Waals surface area contributed by atoms with Crippen LogP contribution in [0.4, 0.5) is 0 Å². The number of ether oxygens (including phenoxy) is 1. The molecule has 3 rings (SSSR count). The van der Waals surface area contributed by atoms with Crippen LogP contribution >= 0.6 is 0 Å². The first-order valence-corrected chi connectivity index (χ1v) is 9.30. The fraction of sp³-hybridized carbons (Fsp3) is 0.533. The quantitative estimate of drug-likeness (QED) is 0.904. The molecule has 1 fully saturated rings. The van der Waals surface area contributed by atoms with Crippen molar-refractivity contribution in [3.8, 4) is 5.75 Å². The highest BCUT2D eigenvalue weighted by Crippen LogP contribution is 2.25. The number of hydrogen-bond donors (Lipinski definition) is 1. The third kappa shape index (κ3) is 2.96. The molecule has 1 aromatic carbocycles. The number of methoxy groups -OCH3 is 1. The summed E-state index contributed by atoms with van der Waals surface area (Å²) in [6, 6.07) is 5.87. The maximum absolute atomic E-state index is 11.7. The predicted octanol–water partition coefficient (Wildman–Crippen LogP) is 1.58. The number of sulfone groups is 1. The summed E-state index contributed by atoms with van der Waals surface area (Å²) in [7, 11) is -1.23. The average molecular weight is 323 g/mol. The van der Waals surface area contributed by atoms with E-state index in [0.717, 1.165) is 28.9 Å². The SMILES string of the molecule is CCN(Cc1[nH]nc2ccc(OC)cc12)C1CCS(=O)(=O)C1. The average Bonchev–Trinajstić information content (AvgIpc) is 3.07. The van der Waals surface area contributed by atoms with Crippen molar-refractivity contribution in [1.82, 2.24) is 15.1 Å². The van der Waals surface area contributed by atoms with Gasteiger partial charge in [0, 0.05) is 18.0 Å². The second-order valence-corrected chi connectivity index (χ2v) is 7.93. The molecule has 120 valence electrons. The first kappa shape index (κ1) is 15.3. The maximum Gasteiger partial charge on any atom is 0.151 e. The smallest absolute Gasteiger partial charge is 0.151 e. The zero-order valence-electron chi connectivity index (χ0n) is 12.9. The van der Waals surface area contributed by atoms with E-state index in [2.05, 4.69) is 22.0 Å². The second kappa shape index (κ2) is 5.89. The van der Waals surface area contributed by atoms with Gasteiger partial charge < -0.3 is 4.74 Å². The Balaban J connectivity index is 1.85. The summed E-state index contributed by atoms with van der Waals surface area (Å²) in [6.45, 7) is 3.54. The summed E-state index contributed by atoms with van der Waals surface area (Å²) in [5.41, 5.74) is 1.89. The molecule has 1 N–H and O–H groups in total. The minimum atomic E-state index is -2.87. The summed E-state index contributed by atoms with van der Waals surface area (Å²) in [5.74, 6) is 1.35. The molecule has 2 aromatic rings. The van der Waals surface area contributed by atoms with Crippen molar-refractivity contribution >= 4 is 20.7 Å². The molecule has 22 heavy (non-hydrogen) atoms.